The Balaban J connectivity index is 1.65. The lowest BCUT2D eigenvalue weighted by Crippen LogP contribution is -2.03. The van der Waals surface area contributed by atoms with Crippen molar-refractivity contribution in [2.75, 3.05) is 11.9 Å². The maximum atomic E-state index is 5.96. The number of aromatic nitrogens is 3. The minimum Gasteiger partial charge on any atom is -0.361 e. The number of rotatable bonds is 4. The number of fused-ring (bicyclic) bond motifs is 1. The third-order valence-corrected chi connectivity index (χ3v) is 4.01. The predicted molar refractivity (Wildman–Crippen MR) is 80.0 cm³/mol. The van der Waals surface area contributed by atoms with Crippen LogP contribution in [0.2, 0.25) is 5.02 Å². The Labute approximate surface area is 120 Å². The zero-order valence-electron chi connectivity index (χ0n) is 10.4. The van der Waals surface area contributed by atoms with E-state index in [0.717, 1.165) is 33.3 Å². The monoisotopic (exact) mass is 292 g/mol. The Bertz CT molecular complexity index is 704. The molecule has 0 aliphatic carbocycles. The summed E-state index contributed by atoms with van der Waals surface area (Å²) in [6, 6.07) is 5.75. The van der Waals surface area contributed by atoms with E-state index in [0.29, 0.717) is 0 Å². The molecule has 2 aromatic heterocycles. The van der Waals surface area contributed by atoms with E-state index >= 15 is 0 Å². The van der Waals surface area contributed by atoms with Crippen LogP contribution in [0.1, 0.15) is 5.56 Å². The molecule has 0 saturated heterocycles. The lowest BCUT2D eigenvalue weighted by molar-refractivity contribution is 0.767. The average Bonchev–Trinajstić information content (AvgIpc) is 2.95. The Morgan fingerprint density at radius 1 is 1.42 bits per heavy atom. The van der Waals surface area contributed by atoms with E-state index in [1.165, 1.54) is 5.56 Å². The molecular weight excluding hydrogens is 280 g/mol. The van der Waals surface area contributed by atoms with Gasteiger partial charge in [-0.05, 0) is 30.2 Å². The molecule has 98 valence electrons. The molecule has 3 rings (SSSR count). The van der Waals surface area contributed by atoms with Gasteiger partial charge in [-0.25, -0.2) is 4.98 Å². The van der Waals surface area contributed by atoms with Crippen molar-refractivity contribution in [2.45, 2.75) is 6.42 Å². The molecule has 0 radical (unpaired) electrons. The minimum absolute atomic E-state index is 0.748. The summed E-state index contributed by atoms with van der Waals surface area (Å²) in [6.07, 6.45) is 4.85. The van der Waals surface area contributed by atoms with Gasteiger partial charge in [-0.3, -0.25) is 4.68 Å². The van der Waals surface area contributed by atoms with Crippen molar-refractivity contribution in [1.29, 1.82) is 0 Å². The van der Waals surface area contributed by atoms with Crippen molar-refractivity contribution in [3.05, 3.63) is 41.2 Å². The second-order valence-electron chi connectivity index (χ2n) is 4.33. The summed E-state index contributed by atoms with van der Waals surface area (Å²) in [5, 5.41) is 9.17. The lowest BCUT2D eigenvalue weighted by Gasteiger charge is -1.99. The fourth-order valence-electron chi connectivity index (χ4n) is 1.89. The molecule has 1 N–H and O–H groups in total. The third-order valence-electron chi connectivity index (χ3n) is 2.80. The van der Waals surface area contributed by atoms with Crippen molar-refractivity contribution in [1.82, 2.24) is 14.8 Å². The fourth-order valence-corrected chi connectivity index (χ4v) is 3.06. The van der Waals surface area contributed by atoms with Gasteiger partial charge < -0.3 is 5.32 Å². The molecule has 3 aromatic rings. The number of nitrogens with one attached hydrogen (secondary N) is 1. The highest BCUT2D eigenvalue weighted by Crippen LogP contribution is 2.28. The largest absolute Gasteiger partial charge is 0.361 e. The molecule has 6 heteroatoms. The summed E-state index contributed by atoms with van der Waals surface area (Å²) in [6.45, 7) is 0.846. The van der Waals surface area contributed by atoms with E-state index < -0.39 is 0 Å². The topological polar surface area (TPSA) is 42.7 Å². The van der Waals surface area contributed by atoms with Crippen LogP contribution in [-0.2, 0) is 13.5 Å². The number of hydrogen-bond acceptors (Lipinski definition) is 4. The first kappa shape index (κ1) is 12.4. The van der Waals surface area contributed by atoms with Crippen LogP contribution >= 0.6 is 22.9 Å². The number of nitrogens with zero attached hydrogens (tertiary/aromatic N) is 3. The Morgan fingerprint density at radius 3 is 3.11 bits per heavy atom. The zero-order chi connectivity index (χ0) is 13.2. The molecular formula is C13H13ClN4S. The maximum absolute atomic E-state index is 5.96. The smallest absolute Gasteiger partial charge is 0.183 e. The molecule has 2 heterocycles. The van der Waals surface area contributed by atoms with Crippen molar-refractivity contribution < 1.29 is 0 Å². The summed E-state index contributed by atoms with van der Waals surface area (Å²) >= 11 is 7.59. The molecule has 0 spiro atoms. The number of benzene rings is 1. The van der Waals surface area contributed by atoms with E-state index in [4.69, 9.17) is 11.6 Å². The SMILES string of the molecule is Cn1cc(CCNc2nc3ccc(Cl)cc3s2)cn1. The molecule has 4 nitrogen and oxygen atoms in total. The normalized spacial score (nSPS) is 11.1. The van der Waals surface area contributed by atoms with Crippen LogP contribution in [-0.4, -0.2) is 21.3 Å². The van der Waals surface area contributed by atoms with Gasteiger partial charge in [-0.2, -0.15) is 5.10 Å². The van der Waals surface area contributed by atoms with Crippen molar-refractivity contribution in [3.63, 3.8) is 0 Å². The van der Waals surface area contributed by atoms with Crippen molar-refractivity contribution in [2.24, 2.45) is 7.05 Å². The van der Waals surface area contributed by atoms with Gasteiger partial charge in [0.05, 0.1) is 16.4 Å². The lowest BCUT2D eigenvalue weighted by atomic mass is 10.2. The molecule has 0 fully saturated rings. The number of anilines is 1. The average molecular weight is 293 g/mol. The number of aryl methyl sites for hydroxylation is 1. The van der Waals surface area contributed by atoms with Crippen molar-refractivity contribution >= 4 is 38.3 Å². The quantitative estimate of drug-likeness (QED) is 0.802. The Kier molecular flexibility index (Phi) is 3.40. The molecule has 0 atom stereocenters. The molecule has 19 heavy (non-hydrogen) atoms. The van der Waals surface area contributed by atoms with Crippen LogP contribution in [0.4, 0.5) is 5.13 Å². The highest BCUT2D eigenvalue weighted by Gasteiger charge is 2.04. The van der Waals surface area contributed by atoms with Gasteiger partial charge in [0, 0.05) is 24.8 Å². The maximum Gasteiger partial charge on any atom is 0.183 e. The molecule has 0 saturated carbocycles. The van der Waals surface area contributed by atoms with Gasteiger partial charge >= 0.3 is 0 Å². The van der Waals surface area contributed by atoms with Crippen LogP contribution in [0.15, 0.2) is 30.6 Å². The number of hydrogen-bond donors (Lipinski definition) is 1. The molecule has 1 aromatic carbocycles. The second kappa shape index (κ2) is 5.19. The van der Waals surface area contributed by atoms with Gasteiger partial charge in [0.25, 0.3) is 0 Å². The summed E-state index contributed by atoms with van der Waals surface area (Å²) in [5.41, 5.74) is 2.21. The van der Waals surface area contributed by atoms with Crippen LogP contribution in [0.5, 0.6) is 0 Å². The van der Waals surface area contributed by atoms with Crippen molar-refractivity contribution in [3.8, 4) is 0 Å². The summed E-state index contributed by atoms with van der Waals surface area (Å²) in [7, 11) is 1.92. The van der Waals surface area contributed by atoms with Gasteiger partial charge in [0.15, 0.2) is 5.13 Å². The predicted octanol–water partition coefficient (Wildman–Crippen LogP) is 3.34. The highest BCUT2D eigenvalue weighted by atomic mass is 35.5. The fraction of sp³-hybridized carbons (Fsp3) is 0.231. The van der Waals surface area contributed by atoms with E-state index in [1.807, 2.05) is 42.3 Å². The minimum atomic E-state index is 0.748. The van der Waals surface area contributed by atoms with E-state index in [-0.39, 0.29) is 0 Å². The first-order valence-corrected chi connectivity index (χ1v) is 7.18. The molecule has 0 aliphatic rings. The standard InChI is InChI=1S/C13H13ClN4S/c1-18-8-9(7-16-18)4-5-15-13-17-11-3-2-10(14)6-12(11)19-13/h2-3,6-8H,4-5H2,1H3,(H,15,17). The second-order valence-corrected chi connectivity index (χ2v) is 5.80. The molecule has 0 unspecified atom stereocenters. The number of thiazole rings is 1. The van der Waals surface area contributed by atoms with Crippen LogP contribution < -0.4 is 5.32 Å². The van der Waals surface area contributed by atoms with E-state index in [9.17, 15) is 0 Å². The van der Waals surface area contributed by atoms with Crippen LogP contribution in [0.25, 0.3) is 10.2 Å². The van der Waals surface area contributed by atoms with Crippen LogP contribution in [0, 0.1) is 0 Å². The first-order chi connectivity index (χ1) is 9.20. The Morgan fingerprint density at radius 2 is 2.32 bits per heavy atom. The van der Waals surface area contributed by atoms with E-state index in [1.54, 1.807) is 11.3 Å². The molecule has 0 aliphatic heterocycles. The van der Waals surface area contributed by atoms with Gasteiger partial charge in [-0.15, -0.1) is 0 Å². The van der Waals surface area contributed by atoms with Crippen LogP contribution in [0.3, 0.4) is 0 Å². The van der Waals surface area contributed by atoms with Gasteiger partial charge in [-0.1, -0.05) is 22.9 Å². The summed E-state index contributed by atoms with van der Waals surface area (Å²) in [5.74, 6) is 0. The Hall–Kier alpha value is -1.59. The van der Waals surface area contributed by atoms with E-state index in [2.05, 4.69) is 15.4 Å². The van der Waals surface area contributed by atoms with Gasteiger partial charge in [0.2, 0.25) is 0 Å². The summed E-state index contributed by atoms with van der Waals surface area (Å²) < 4.78 is 2.92. The first-order valence-electron chi connectivity index (χ1n) is 5.98. The highest BCUT2D eigenvalue weighted by molar-refractivity contribution is 7.22. The summed E-state index contributed by atoms with van der Waals surface area (Å²) in [4.78, 5) is 4.52. The molecule has 0 bridgehead atoms. The third kappa shape index (κ3) is 2.88. The van der Waals surface area contributed by atoms with Gasteiger partial charge in [0.1, 0.15) is 0 Å². The molecule has 0 amide bonds. The number of halogens is 1. The zero-order valence-corrected chi connectivity index (χ0v) is 12.0.